The molecule has 1 rings (SSSR count). The van der Waals surface area contributed by atoms with E-state index in [1.807, 2.05) is 6.92 Å². The van der Waals surface area contributed by atoms with Gasteiger partial charge < -0.3 is 15.7 Å². The molecule has 0 aromatic heterocycles. The van der Waals surface area contributed by atoms with Crippen LogP contribution in [-0.4, -0.2) is 40.5 Å². The van der Waals surface area contributed by atoms with Gasteiger partial charge in [0.2, 0.25) is 5.91 Å². The van der Waals surface area contributed by atoms with Crippen molar-refractivity contribution in [2.45, 2.75) is 64.0 Å². The number of carbonyl (C=O) groups is 2. The largest absolute Gasteiger partial charge is 0.480 e. The van der Waals surface area contributed by atoms with Crippen molar-refractivity contribution >= 4 is 11.9 Å². The van der Waals surface area contributed by atoms with Crippen molar-refractivity contribution in [3.8, 4) is 0 Å². The van der Waals surface area contributed by atoms with E-state index in [0.29, 0.717) is 19.4 Å². The van der Waals surface area contributed by atoms with Crippen LogP contribution in [0.2, 0.25) is 0 Å². The average molecular weight is 256 g/mol. The van der Waals surface area contributed by atoms with Gasteiger partial charge in [0.1, 0.15) is 6.04 Å². The summed E-state index contributed by atoms with van der Waals surface area (Å²) < 4.78 is 0. The lowest BCUT2D eigenvalue weighted by Crippen LogP contribution is -2.44. The van der Waals surface area contributed by atoms with E-state index in [0.717, 1.165) is 32.1 Å². The lowest BCUT2D eigenvalue weighted by molar-refractivity contribution is -0.150. The van der Waals surface area contributed by atoms with Gasteiger partial charge in [0.25, 0.3) is 0 Å². The first kappa shape index (κ1) is 15.0. The van der Waals surface area contributed by atoms with Crippen LogP contribution in [0.4, 0.5) is 0 Å². The van der Waals surface area contributed by atoms with Crippen molar-refractivity contribution in [3.63, 3.8) is 0 Å². The summed E-state index contributed by atoms with van der Waals surface area (Å²) in [6.45, 7) is 2.49. The number of carboxylic acid groups (broad SMARTS) is 1. The Morgan fingerprint density at radius 1 is 1.39 bits per heavy atom. The normalized spacial score (nSPS) is 22.3. The van der Waals surface area contributed by atoms with Crippen LogP contribution in [0.25, 0.3) is 0 Å². The Balaban J connectivity index is 2.53. The van der Waals surface area contributed by atoms with E-state index in [-0.39, 0.29) is 11.9 Å². The number of aliphatic carboxylic acids is 1. The molecular weight excluding hydrogens is 232 g/mol. The van der Waals surface area contributed by atoms with Crippen LogP contribution >= 0.6 is 0 Å². The van der Waals surface area contributed by atoms with E-state index < -0.39 is 12.0 Å². The SMILES string of the molecule is CC(N)CCCC(=O)N1CCCCCC1C(=O)O. The predicted molar refractivity (Wildman–Crippen MR) is 69.1 cm³/mol. The molecule has 5 nitrogen and oxygen atoms in total. The molecule has 2 atom stereocenters. The summed E-state index contributed by atoms with van der Waals surface area (Å²) in [6.07, 6.45) is 5.33. The number of amides is 1. The maximum absolute atomic E-state index is 12.1. The lowest BCUT2D eigenvalue weighted by Gasteiger charge is -2.27. The number of nitrogens with two attached hydrogens (primary N) is 1. The van der Waals surface area contributed by atoms with Crippen LogP contribution in [0.3, 0.4) is 0 Å². The van der Waals surface area contributed by atoms with E-state index in [2.05, 4.69) is 0 Å². The fraction of sp³-hybridized carbons (Fsp3) is 0.846. The maximum atomic E-state index is 12.1. The Bertz CT molecular complexity index is 292. The molecule has 0 radical (unpaired) electrons. The monoisotopic (exact) mass is 256 g/mol. The van der Waals surface area contributed by atoms with Crippen LogP contribution in [0.15, 0.2) is 0 Å². The Morgan fingerprint density at radius 3 is 2.72 bits per heavy atom. The van der Waals surface area contributed by atoms with Gasteiger partial charge in [0.05, 0.1) is 0 Å². The number of carboxylic acids is 1. The first-order valence-electron chi connectivity index (χ1n) is 6.80. The van der Waals surface area contributed by atoms with Gasteiger partial charge in [-0.25, -0.2) is 4.79 Å². The summed E-state index contributed by atoms with van der Waals surface area (Å²) in [4.78, 5) is 24.8. The van der Waals surface area contributed by atoms with Gasteiger partial charge in [0, 0.05) is 19.0 Å². The third-order valence-electron chi connectivity index (χ3n) is 3.41. The second-order valence-corrected chi connectivity index (χ2v) is 5.16. The second-order valence-electron chi connectivity index (χ2n) is 5.16. The lowest BCUT2D eigenvalue weighted by atomic mass is 10.1. The molecule has 104 valence electrons. The average Bonchev–Trinajstić information content (AvgIpc) is 2.53. The van der Waals surface area contributed by atoms with E-state index in [1.165, 1.54) is 0 Å². The molecule has 0 aromatic carbocycles. The molecule has 0 aliphatic carbocycles. The molecule has 18 heavy (non-hydrogen) atoms. The van der Waals surface area contributed by atoms with Crippen molar-refractivity contribution in [3.05, 3.63) is 0 Å². The molecule has 2 unspecified atom stereocenters. The minimum atomic E-state index is -0.877. The molecule has 1 aliphatic heterocycles. The summed E-state index contributed by atoms with van der Waals surface area (Å²) in [7, 11) is 0. The van der Waals surface area contributed by atoms with Gasteiger partial charge >= 0.3 is 5.97 Å². The number of rotatable bonds is 5. The van der Waals surface area contributed by atoms with Crippen LogP contribution in [0.1, 0.15) is 51.9 Å². The maximum Gasteiger partial charge on any atom is 0.326 e. The Kier molecular flexibility index (Phi) is 6.12. The minimum absolute atomic E-state index is 0.0371. The molecule has 0 spiro atoms. The van der Waals surface area contributed by atoms with Crippen molar-refractivity contribution < 1.29 is 14.7 Å². The van der Waals surface area contributed by atoms with Gasteiger partial charge in [-0.1, -0.05) is 12.8 Å². The van der Waals surface area contributed by atoms with Crippen molar-refractivity contribution in [1.29, 1.82) is 0 Å². The fourth-order valence-corrected chi connectivity index (χ4v) is 2.38. The third kappa shape index (κ3) is 4.64. The molecule has 1 heterocycles. The number of carbonyl (C=O) groups excluding carboxylic acids is 1. The molecule has 0 bridgehead atoms. The summed E-state index contributed by atoms with van der Waals surface area (Å²) in [5.74, 6) is -0.914. The van der Waals surface area contributed by atoms with E-state index >= 15 is 0 Å². The highest BCUT2D eigenvalue weighted by Crippen LogP contribution is 2.18. The van der Waals surface area contributed by atoms with Gasteiger partial charge in [-0.3, -0.25) is 4.79 Å². The van der Waals surface area contributed by atoms with Gasteiger partial charge in [-0.2, -0.15) is 0 Å². The molecule has 3 N–H and O–H groups in total. The van der Waals surface area contributed by atoms with E-state index in [4.69, 9.17) is 5.73 Å². The van der Waals surface area contributed by atoms with E-state index in [1.54, 1.807) is 4.90 Å². The smallest absolute Gasteiger partial charge is 0.326 e. The van der Waals surface area contributed by atoms with Crippen LogP contribution in [-0.2, 0) is 9.59 Å². The van der Waals surface area contributed by atoms with Gasteiger partial charge in [0.15, 0.2) is 0 Å². The Morgan fingerprint density at radius 2 is 2.11 bits per heavy atom. The minimum Gasteiger partial charge on any atom is -0.480 e. The topological polar surface area (TPSA) is 83.6 Å². The first-order valence-corrected chi connectivity index (χ1v) is 6.80. The Hall–Kier alpha value is -1.10. The molecular formula is C13H24N2O3. The van der Waals surface area contributed by atoms with Crippen molar-refractivity contribution in [2.24, 2.45) is 5.73 Å². The predicted octanol–water partition coefficient (Wildman–Crippen LogP) is 1.36. The van der Waals surface area contributed by atoms with Gasteiger partial charge in [-0.15, -0.1) is 0 Å². The van der Waals surface area contributed by atoms with Crippen LogP contribution in [0, 0.1) is 0 Å². The highest BCUT2D eigenvalue weighted by Gasteiger charge is 2.30. The summed E-state index contributed by atoms with van der Waals surface area (Å²) in [6, 6.07) is -0.535. The fourth-order valence-electron chi connectivity index (χ4n) is 2.38. The summed E-state index contributed by atoms with van der Waals surface area (Å²) in [5, 5.41) is 9.18. The molecule has 1 aliphatic rings. The van der Waals surface area contributed by atoms with Crippen LogP contribution < -0.4 is 5.73 Å². The Labute approximate surface area is 108 Å². The quantitative estimate of drug-likeness (QED) is 0.778. The van der Waals surface area contributed by atoms with Crippen molar-refractivity contribution in [2.75, 3.05) is 6.54 Å². The summed E-state index contributed by atoms with van der Waals surface area (Å²) in [5.41, 5.74) is 5.64. The number of nitrogens with zero attached hydrogens (tertiary/aromatic N) is 1. The standard InChI is InChI=1S/C13H24N2O3/c1-10(14)6-5-8-12(16)15-9-4-2-3-7-11(15)13(17)18/h10-11H,2-9,14H2,1H3,(H,17,18). The number of hydrogen-bond donors (Lipinski definition) is 2. The van der Waals surface area contributed by atoms with Crippen LogP contribution in [0.5, 0.6) is 0 Å². The molecule has 1 saturated heterocycles. The third-order valence-corrected chi connectivity index (χ3v) is 3.41. The van der Waals surface area contributed by atoms with Crippen molar-refractivity contribution in [1.82, 2.24) is 4.90 Å². The number of likely N-dealkylation sites (tertiary alicyclic amines) is 1. The zero-order valence-electron chi connectivity index (χ0n) is 11.1. The first-order chi connectivity index (χ1) is 8.52. The zero-order valence-corrected chi connectivity index (χ0v) is 11.1. The summed E-state index contributed by atoms with van der Waals surface area (Å²) >= 11 is 0. The molecule has 1 fully saturated rings. The zero-order chi connectivity index (χ0) is 13.5. The second kappa shape index (κ2) is 7.36. The molecule has 0 saturated carbocycles. The molecule has 1 amide bonds. The highest BCUT2D eigenvalue weighted by atomic mass is 16.4. The molecule has 5 heteroatoms. The van der Waals surface area contributed by atoms with Gasteiger partial charge in [-0.05, 0) is 32.6 Å². The number of hydrogen-bond acceptors (Lipinski definition) is 3. The van der Waals surface area contributed by atoms with E-state index in [9.17, 15) is 14.7 Å². The molecule has 0 aromatic rings. The highest BCUT2D eigenvalue weighted by molar-refractivity contribution is 5.83.